The van der Waals surface area contributed by atoms with Gasteiger partial charge in [-0.1, -0.05) is 28.4 Å². The second kappa shape index (κ2) is 5.51. The fourth-order valence-corrected chi connectivity index (χ4v) is 4.28. The predicted molar refractivity (Wildman–Crippen MR) is 85.9 cm³/mol. The summed E-state index contributed by atoms with van der Waals surface area (Å²) in [6, 6.07) is 1.84. The van der Waals surface area contributed by atoms with Crippen molar-refractivity contribution in [2.24, 2.45) is 0 Å². The molecule has 0 radical (unpaired) electrons. The highest BCUT2D eigenvalue weighted by molar-refractivity contribution is 7.20. The molecule has 1 saturated carbocycles. The van der Waals surface area contributed by atoms with Crippen molar-refractivity contribution >= 4 is 40.4 Å². The summed E-state index contributed by atoms with van der Waals surface area (Å²) < 4.78 is 2.90. The largest absolute Gasteiger partial charge is 0.336 e. The first-order valence-electron chi connectivity index (χ1n) is 7.27. The Morgan fingerprint density at radius 2 is 2.14 bits per heavy atom. The van der Waals surface area contributed by atoms with Gasteiger partial charge < -0.3 is 4.90 Å². The molecule has 1 aliphatic heterocycles. The number of aromatic nitrogens is 3. The first-order chi connectivity index (χ1) is 10.6. The van der Waals surface area contributed by atoms with E-state index in [9.17, 15) is 4.79 Å². The zero-order valence-electron chi connectivity index (χ0n) is 11.7. The predicted octanol–water partition coefficient (Wildman–Crippen LogP) is 3.61. The lowest BCUT2D eigenvalue weighted by Gasteiger charge is -2.16. The summed E-state index contributed by atoms with van der Waals surface area (Å²) in [6.07, 6.45) is 5.34. The van der Waals surface area contributed by atoms with Gasteiger partial charge in [-0.15, -0.1) is 16.4 Å². The minimum atomic E-state index is -0.0572. The van der Waals surface area contributed by atoms with Gasteiger partial charge in [-0.25, -0.2) is 4.68 Å². The monoisotopic (exact) mass is 356 g/mol. The third-order valence-electron chi connectivity index (χ3n) is 4.24. The van der Waals surface area contributed by atoms with Crippen molar-refractivity contribution < 1.29 is 4.79 Å². The van der Waals surface area contributed by atoms with Crippen molar-refractivity contribution in [2.75, 3.05) is 13.1 Å². The van der Waals surface area contributed by atoms with Crippen LogP contribution in [0.1, 0.15) is 47.3 Å². The van der Waals surface area contributed by atoms with Gasteiger partial charge in [-0.2, -0.15) is 0 Å². The Morgan fingerprint density at radius 1 is 1.32 bits per heavy atom. The normalized spacial score (nSPS) is 21.5. The molecule has 1 amide bonds. The Kier molecular flexibility index (Phi) is 3.63. The van der Waals surface area contributed by atoms with E-state index < -0.39 is 0 Å². The van der Waals surface area contributed by atoms with Crippen molar-refractivity contribution in [1.29, 1.82) is 0 Å². The van der Waals surface area contributed by atoms with E-state index in [4.69, 9.17) is 23.2 Å². The molecule has 0 bridgehead atoms. The summed E-state index contributed by atoms with van der Waals surface area (Å²) in [4.78, 5) is 14.3. The molecular formula is C14H14Cl2N4OS. The molecule has 1 atom stereocenters. The smallest absolute Gasteiger partial charge is 0.256 e. The van der Waals surface area contributed by atoms with Gasteiger partial charge in [0.25, 0.3) is 5.91 Å². The average Bonchev–Trinajstić information content (AvgIpc) is 2.91. The van der Waals surface area contributed by atoms with E-state index in [1.54, 1.807) is 6.07 Å². The van der Waals surface area contributed by atoms with Crippen molar-refractivity contribution in [3.8, 4) is 0 Å². The minimum Gasteiger partial charge on any atom is -0.336 e. The maximum atomic E-state index is 12.5. The summed E-state index contributed by atoms with van der Waals surface area (Å²) in [5.74, 6) is 0.540. The molecule has 1 aliphatic carbocycles. The van der Waals surface area contributed by atoms with E-state index in [-0.39, 0.29) is 11.9 Å². The number of thiophene rings is 1. The van der Waals surface area contributed by atoms with Crippen LogP contribution in [0.5, 0.6) is 0 Å². The van der Waals surface area contributed by atoms with Crippen LogP contribution in [0.3, 0.4) is 0 Å². The van der Waals surface area contributed by atoms with E-state index >= 15 is 0 Å². The molecule has 1 unspecified atom stereocenters. The molecule has 0 aromatic carbocycles. The molecule has 0 spiro atoms. The maximum absolute atomic E-state index is 12.5. The standard InChI is InChI=1S/C14H14Cl2N4OS/c15-12-5-10(13(16)22-12)14(21)19-4-3-9(6-19)20-7-11(17-18-20)8-1-2-8/h5,7-9H,1-4,6H2. The van der Waals surface area contributed by atoms with Crippen LogP contribution in [0.15, 0.2) is 12.3 Å². The SMILES string of the molecule is O=C(c1cc(Cl)sc1Cl)N1CCC(n2cc(C3CC3)nn2)C1. The second-order valence-electron chi connectivity index (χ2n) is 5.83. The second-order valence-corrected chi connectivity index (χ2v) is 8.11. The number of halogens is 2. The van der Waals surface area contributed by atoms with Crippen LogP contribution >= 0.6 is 34.5 Å². The molecule has 2 fully saturated rings. The molecule has 2 aliphatic rings. The van der Waals surface area contributed by atoms with Crippen LogP contribution in [0.4, 0.5) is 0 Å². The highest BCUT2D eigenvalue weighted by atomic mass is 35.5. The Balaban J connectivity index is 1.47. The van der Waals surface area contributed by atoms with Crippen LogP contribution in [-0.2, 0) is 0 Å². The third kappa shape index (κ3) is 2.64. The molecule has 3 heterocycles. The highest BCUT2D eigenvalue weighted by Crippen LogP contribution is 2.39. The van der Waals surface area contributed by atoms with E-state index in [1.165, 1.54) is 24.2 Å². The van der Waals surface area contributed by atoms with Crippen LogP contribution in [0.25, 0.3) is 0 Å². The molecule has 0 N–H and O–H groups in total. The lowest BCUT2D eigenvalue weighted by Crippen LogP contribution is -2.29. The topological polar surface area (TPSA) is 51.0 Å². The van der Waals surface area contributed by atoms with E-state index in [1.807, 2.05) is 15.8 Å². The molecule has 1 saturated heterocycles. The Bertz CT molecular complexity index is 724. The number of rotatable bonds is 3. The van der Waals surface area contributed by atoms with Crippen molar-refractivity contribution in [3.05, 3.63) is 32.2 Å². The molecule has 8 heteroatoms. The number of amides is 1. The van der Waals surface area contributed by atoms with Crippen LogP contribution in [0.2, 0.25) is 8.67 Å². The third-order valence-corrected chi connectivity index (χ3v) is 5.72. The fraction of sp³-hybridized carbons (Fsp3) is 0.500. The van der Waals surface area contributed by atoms with Gasteiger partial charge in [0.2, 0.25) is 0 Å². The molecular weight excluding hydrogens is 343 g/mol. The quantitative estimate of drug-likeness (QED) is 0.843. The number of hydrogen-bond donors (Lipinski definition) is 0. The van der Waals surface area contributed by atoms with Crippen LogP contribution in [0, 0.1) is 0 Å². The van der Waals surface area contributed by atoms with Crippen molar-refractivity contribution in [3.63, 3.8) is 0 Å². The first-order valence-corrected chi connectivity index (χ1v) is 8.85. The van der Waals surface area contributed by atoms with Crippen molar-refractivity contribution in [1.82, 2.24) is 19.9 Å². The molecule has 22 heavy (non-hydrogen) atoms. The van der Waals surface area contributed by atoms with Crippen molar-refractivity contribution in [2.45, 2.75) is 31.2 Å². The number of carbonyl (C=O) groups excluding carboxylic acids is 1. The van der Waals surface area contributed by atoms with E-state index in [2.05, 4.69) is 10.3 Å². The zero-order valence-corrected chi connectivity index (χ0v) is 14.0. The fourth-order valence-electron chi connectivity index (χ4n) is 2.83. The van der Waals surface area contributed by atoms with Gasteiger partial charge >= 0.3 is 0 Å². The lowest BCUT2D eigenvalue weighted by molar-refractivity contribution is 0.0787. The average molecular weight is 357 g/mol. The Hall–Kier alpha value is -1.11. The van der Waals surface area contributed by atoms with Crippen LogP contribution in [-0.4, -0.2) is 38.9 Å². The molecule has 4 rings (SSSR count). The van der Waals surface area contributed by atoms with Gasteiger partial charge in [0, 0.05) is 25.2 Å². The summed E-state index contributed by atoms with van der Waals surface area (Å²) in [7, 11) is 0. The zero-order chi connectivity index (χ0) is 15.3. The van der Waals surface area contributed by atoms with Gasteiger partial charge in [0.1, 0.15) is 4.34 Å². The maximum Gasteiger partial charge on any atom is 0.256 e. The van der Waals surface area contributed by atoms with Gasteiger partial charge in [0.05, 0.1) is 21.6 Å². The van der Waals surface area contributed by atoms with E-state index in [0.717, 1.165) is 12.1 Å². The molecule has 2 aromatic heterocycles. The summed E-state index contributed by atoms with van der Waals surface area (Å²) >= 11 is 13.2. The summed E-state index contributed by atoms with van der Waals surface area (Å²) in [5.41, 5.74) is 1.58. The number of hydrogen-bond acceptors (Lipinski definition) is 4. The van der Waals surface area contributed by atoms with Crippen LogP contribution < -0.4 is 0 Å². The van der Waals surface area contributed by atoms with Gasteiger partial charge in [-0.3, -0.25) is 4.79 Å². The van der Waals surface area contributed by atoms with Gasteiger partial charge in [-0.05, 0) is 25.3 Å². The molecule has 116 valence electrons. The van der Waals surface area contributed by atoms with E-state index in [0.29, 0.717) is 33.2 Å². The number of nitrogens with zero attached hydrogens (tertiary/aromatic N) is 4. The first kappa shape index (κ1) is 14.5. The number of likely N-dealkylation sites (tertiary alicyclic amines) is 1. The van der Waals surface area contributed by atoms with Gasteiger partial charge in [0.15, 0.2) is 0 Å². The Morgan fingerprint density at radius 3 is 2.82 bits per heavy atom. The molecule has 2 aromatic rings. The summed E-state index contributed by atoms with van der Waals surface area (Å²) in [6.45, 7) is 1.34. The summed E-state index contributed by atoms with van der Waals surface area (Å²) in [5, 5.41) is 8.47. The Labute approximate surface area is 141 Å². The minimum absolute atomic E-state index is 0.0572. The number of carbonyl (C=O) groups is 1. The highest BCUT2D eigenvalue weighted by Gasteiger charge is 2.32. The lowest BCUT2D eigenvalue weighted by atomic mass is 10.2. The molecule has 5 nitrogen and oxygen atoms in total.